The van der Waals surface area contributed by atoms with Crippen LogP contribution in [0.5, 0.6) is 0 Å². The minimum absolute atomic E-state index is 0.00125. The third-order valence-electron chi connectivity index (χ3n) is 1.87. The molecule has 0 bridgehead atoms. The summed E-state index contributed by atoms with van der Waals surface area (Å²) in [5, 5.41) is 0.512. The van der Waals surface area contributed by atoms with Gasteiger partial charge in [0.05, 0.1) is 11.1 Å². The second-order valence-corrected chi connectivity index (χ2v) is 3.91. The molecule has 0 radical (unpaired) electrons. The molecule has 1 unspecified atom stereocenters. The van der Waals surface area contributed by atoms with E-state index in [2.05, 4.69) is 11.9 Å². The van der Waals surface area contributed by atoms with Crippen molar-refractivity contribution in [1.82, 2.24) is 4.98 Å². The lowest BCUT2D eigenvalue weighted by atomic mass is 10.1. The monoisotopic (exact) mass is 217 g/mol. The summed E-state index contributed by atoms with van der Waals surface area (Å²) >= 11 is 11.9. The van der Waals surface area contributed by atoms with E-state index in [1.807, 2.05) is 12.1 Å². The quantitative estimate of drug-likeness (QED) is 0.545. The zero-order chi connectivity index (χ0) is 9.68. The van der Waals surface area contributed by atoms with Gasteiger partial charge in [-0.2, -0.15) is 0 Å². The summed E-state index contributed by atoms with van der Waals surface area (Å²) in [6, 6.07) is 5.56. The summed E-state index contributed by atoms with van der Waals surface area (Å²) in [5.74, 6) is 0. The number of nitrogens with zero attached hydrogens (tertiary/aromatic N) is 1. The zero-order valence-electron chi connectivity index (χ0n) is 7.63. The summed E-state index contributed by atoms with van der Waals surface area (Å²) in [7, 11) is 0. The number of hydrogen-bond donors (Lipinski definition) is 0. The molecule has 1 heterocycles. The summed E-state index contributed by atoms with van der Waals surface area (Å²) in [4.78, 5) is 4.16. The van der Waals surface area contributed by atoms with Gasteiger partial charge in [0.15, 0.2) is 0 Å². The van der Waals surface area contributed by atoms with Gasteiger partial charge in [0.2, 0.25) is 0 Å². The highest BCUT2D eigenvalue weighted by molar-refractivity contribution is 6.29. The Morgan fingerprint density at radius 2 is 2.23 bits per heavy atom. The second-order valence-electron chi connectivity index (χ2n) is 2.99. The molecule has 13 heavy (non-hydrogen) atoms. The molecule has 0 aliphatic rings. The summed E-state index contributed by atoms with van der Waals surface area (Å²) in [6.07, 6.45) is 3.25. The van der Waals surface area contributed by atoms with Crippen molar-refractivity contribution < 1.29 is 0 Å². The van der Waals surface area contributed by atoms with Crippen molar-refractivity contribution in [1.29, 1.82) is 0 Å². The van der Waals surface area contributed by atoms with Gasteiger partial charge in [-0.15, -0.1) is 11.6 Å². The zero-order valence-corrected chi connectivity index (χ0v) is 9.15. The number of aromatic nitrogens is 1. The first-order chi connectivity index (χ1) is 6.24. The van der Waals surface area contributed by atoms with Gasteiger partial charge >= 0.3 is 0 Å². The van der Waals surface area contributed by atoms with Crippen molar-refractivity contribution in [3.8, 4) is 0 Å². The lowest BCUT2D eigenvalue weighted by Crippen LogP contribution is -1.94. The van der Waals surface area contributed by atoms with Crippen molar-refractivity contribution in [2.45, 2.75) is 31.6 Å². The number of pyridine rings is 1. The first-order valence-corrected chi connectivity index (χ1v) is 5.32. The van der Waals surface area contributed by atoms with Gasteiger partial charge in [0, 0.05) is 0 Å². The Labute approximate surface area is 89.1 Å². The van der Waals surface area contributed by atoms with Crippen LogP contribution in [0.15, 0.2) is 18.2 Å². The molecule has 1 aromatic heterocycles. The van der Waals surface area contributed by atoms with Crippen LogP contribution < -0.4 is 0 Å². The van der Waals surface area contributed by atoms with Gasteiger partial charge in [-0.05, 0) is 18.6 Å². The lowest BCUT2D eigenvalue weighted by Gasteiger charge is -2.07. The minimum atomic E-state index is -0.00125. The smallest absolute Gasteiger partial charge is 0.129 e. The highest BCUT2D eigenvalue weighted by Gasteiger charge is 2.08. The van der Waals surface area contributed by atoms with E-state index in [4.69, 9.17) is 23.2 Å². The van der Waals surface area contributed by atoms with Crippen molar-refractivity contribution in [3.05, 3.63) is 29.0 Å². The van der Waals surface area contributed by atoms with E-state index in [0.29, 0.717) is 5.15 Å². The van der Waals surface area contributed by atoms with Crippen molar-refractivity contribution in [3.63, 3.8) is 0 Å². The molecule has 0 aliphatic heterocycles. The average molecular weight is 218 g/mol. The molecule has 0 aromatic carbocycles. The highest BCUT2D eigenvalue weighted by atomic mass is 35.5. The Morgan fingerprint density at radius 3 is 2.85 bits per heavy atom. The van der Waals surface area contributed by atoms with E-state index < -0.39 is 0 Å². The number of unbranched alkanes of at least 4 members (excludes halogenated alkanes) is 1. The van der Waals surface area contributed by atoms with Crippen LogP contribution in [0, 0.1) is 0 Å². The Kier molecular flexibility index (Phi) is 4.54. The predicted octanol–water partition coefficient (Wildman–Crippen LogP) is 4.21. The average Bonchev–Trinajstić information content (AvgIpc) is 2.14. The summed E-state index contributed by atoms with van der Waals surface area (Å²) in [6.45, 7) is 2.15. The van der Waals surface area contributed by atoms with Gasteiger partial charge in [0.1, 0.15) is 5.15 Å². The van der Waals surface area contributed by atoms with Gasteiger partial charge in [-0.1, -0.05) is 37.4 Å². The largest absolute Gasteiger partial charge is 0.240 e. The minimum Gasteiger partial charge on any atom is -0.240 e. The molecule has 0 saturated heterocycles. The maximum atomic E-state index is 6.14. The number of rotatable bonds is 4. The number of hydrogen-bond acceptors (Lipinski definition) is 1. The number of halogens is 2. The van der Waals surface area contributed by atoms with Crippen LogP contribution in [-0.2, 0) is 0 Å². The summed E-state index contributed by atoms with van der Waals surface area (Å²) < 4.78 is 0. The fourth-order valence-electron chi connectivity index (χ4n) is 1.13. The van der Waals surface area contributed by atoms with Gasteiger partial charge in [-0.3, -0.25) is 0 Å². The molecule has 0 amide bonds. The van der Waals surface area contributed by atoms with E-state index in [0.717, 1.165) is 25.0 Å². The summed E-state index contributed by atoms with van der Waals surface area (Å²) in [5.41, 5.74) is 0.877. The Hall–Kier alpha value is -0.270. The van der Waals surface area contributed by atoms with E-state index in [1.54, 1.807) is 6.07 Å². The molecule has 0 N–H and O–H groups in total. The molecule has 1 rings (SSSR count). The van der Waals surface area contributed by atoms with E-state index >= 15 is 0 Å². The molecule has 1 nitrogen and oxygen atoms in total. The fourth-order valence-corrected chi connectivity index (χ4v) is 1.58. The molecule has 0 spiro atoms. The van der Waals surface area contributed by atoms with Crippen LogP contribution in [0.25, 0.3) is 0 Å². The van der Waals surface area contributed by atoms with Gasteiger partial charge < -0.3 is 0 Å². The molecular formula is C10H13Cl2N. The predicted molar refractivity (Wildman–Crippen MR) is 57.4 cm³/mol. The lowest BCUT2D eigenvalue weighted by molar-refractivity contribution is 0.690. The Balaban J connectivity index is 2.60. The third kappa shape index (κ3) is 3.53. The topological polar surface area (TPSA) is 12.9 Å². The standard InChI is InChI=1S/C10H13Cl2N/c1-2-3-5-8(11)9-6-4-7-10(12)13-9/h4,6-8H,2-3,5H2,1H3. The van der Waals surface area contributed by atoms with Gasteiger partial charge in [-0.25, -0.2) is 4.98 Å². The van der Waals surface area contributed by atoms with Crippen LogP contribution in [0.4, 0.5) is 0 Å². The number of alkyl halides is 1. The molecule has 1 atom stereocenters. The van der Waals surface area contributed by atoms with Crippen molar-refractivity contribution >= 4 is 23.2 Å². The van der Waals surface area contributed by atoms with E-state index in [-0.39, 0.29) is 5.38 Å². The maximum absolute atomic E-state index is 6.14. The molecule has 3 heteroatoms. The first kappa shape index (κ1) is 10.8. The second kappa shape index (κ2) is 5.46. The normalized spacial score (nSPS) is 12.8. The molecule has 1 aromatic rings. The van der Waals surface area contributed by atoms with Crippen LogP contribution in [-0.4, -0.2) is 4.98 Å². The SMILES string of the molecule is CCCCC(Cl)c1cccc(Cl)n1. The Bertz CT molecular complexity index is 263. The van der Waals surface area contributed by atoms with Crippen LogP contribution in [0.2, 0.25) is 5.15 Å². The van der Waals surface area contributed by atoms with Gasteiger partial charge in [0.25, 0.3) is 0 Å². The van der Waals surface area contributed by atoms with E-state index in [1.165, 1.54) is 0 Å². The first-order valence-electron chi connectivity index (χ1n) is 4.50. The molecule has 0 saturated carbocycles. The van der Waals surface area contributed by atoms with Crippen LogP contribution in [0.3, 0.4) is 0 Å². The third-order valence-corrected chi connectivity index (χ3v) is 2.52. The van der Waals surface area contributed by atoms with Crippen molar-refractivity contribution in [2.24, 2.45) is 0 Å². The molecule has 0 fully saturated rings. The van der Waals surface area contributed by atoms with E-state index in [9.17, 15) is 0 Å². The highest BCUT2D eigenvalue weighted by Crippen LogP contribution is 2.25. The molecular weight excluding hydrogens is 205 g/mol. The molecule has 72 valence electrons. The van der Waals surface area contributed by atoms with Crippen molar-refractivity contribution in [2.75, 3.05) is 0 Å². The Morgan fingerprint density at radius 1 is 1.46 bits per heavy atom. The fraction of sp³-hybridized carbons (Fsp3) is 0.500. The van der Waals surface area contributed by atoms with Crippen LogP contribution >= 0.6 is 23.2 Å². The maximum Gasteiger partial charge on any atom is 0.129 e. The molecule has 0 aliphatic carbocycles. The van der Waals surface area contributed by atoms with Crippen LogP contribution in [0.1, 0.15) is 37.3 Å².